The molecule has 7 rings (SSSR count). The van der Waals surface area contributed by atoms with Crippen LogP contribution < -0.4 is 4.90 Å². The highest BCUT2D eigenvalue weighted by Crippen LogP contribution is 2.52. The Hall–Kier alpha value is -3.18. The molecule has 0 radical (unpaired) electrons. The van der Waals surface area contributed by atoms with Crippen LogP contribution in [0.3, 0.4) is 0 Å². The predicted molar refractivity (Wildman–Crippen MR) is 127 cm³/mol. The van der Waals surface area contributed by atoms with Crippen LogP contribution in [0.1, 0.15) is 54.4 Å². The fourth-order valence-corrected chi connectivity index (χ4v) is 6.24. The Kier molecular flexibility index (Phi) is 4.04. The van der Waals surface area contributed by atoms with Crippen molar-refractivity contribution in [3.8, 4) is 11.1 Å². The summed E-state index contributed by atoms with van der Waals surface area (Å²) in [7, 11) is 0. The van der Waals surface area contributed by atoms with Gasteiger partial charge < -0.3 is 10.0 Å². The second-order valence-corrected chi connectivity index (χ2v) is 10.0. The van der Waals surface area contributed by atoms with Gasteiger partial charge in [0.15, 0.2) is 0 Å². The molecular formula is C28H26FN3O. The van der Waals surface area contributed by atoms with Gasteiger partial charge in [0.2, 0.25) is 0 Å². The minimum Gasteiger partial charge on any atom is -0.388 e. The second-order valence-electron chi connectivity index (χ2n) is 10.0. The van der Waals surface area contributed by atoms with Gasteiger partial charge in [-0.2, -0.15) is 5.10 Å². The summed E-state index contributed by atoms with van der Waals surface area (Å²) < 4.78 is 15.2. The van der Waals surface area contributed by atoms with Crippen molar-refractivity contribution in [2.24, 2.45) is 0 Å². The number of benzene rings is 2. The number of hydrogen-bond donors (Lipinski definition) is 1. The first-order valence-corrected chi connectivity index (χ1v) is 11.9. The van der Waals surface area contributed by atoms with Gasteiger partial charge in [0.05, 0.1) is 29.7 Å². The maximum Gasteiger partial charge on any atom is 0.141 e. The number of hydrogen-bond acceptors (Lipinski definition) is 3. The molecule has 3 aliphatic rings. The van der Waals surface area contributed by atoms with E-state index in [1.807, 2.05) is 6.20 Å². The van der Waals surface area contributed by atoms with Gasteiger partial charge in [-0.1, -0.05) is 36.4 Å². The Morgan fingerprint density at radius 1 is 1.03 bits per heavy atom. The Morgan fingerprint density at radius 3 is 2.79 bits per heavy atom. The third-order valence-electron chi connectivity index (χ3n) is 8.01. The summed E-state index contributed by atoms with van der Waals surface area (Å²) in [5, 5.41) is 15.5. The van der Waals surface area contributed by atoms with Crippen LogP contribution in [0.15, 0.2) is 67.0 Å². The molecule has 33 heavy (non-hydrogen) atoms. The van der Waals surface area contributed by atoms with Crippen LogP contribution in [0.25, 0.3) is 16.6 Å². The van der Waals surface area contributed by atoms with E-state index in [1.54, 1.807) is 10.6 Å². The lowest BCUT2D eigenvalue weighted by Gasteiger charge is -2.26. The highest BCUT2D eigenvalue weighted by atomic mass is 19.1. The molecule has 3 heterocycles. The van der Waals surface area contributed by atoms with Crippen molar-refractivity contribution in [3.05, 3.63) is 89.5 Å². The first-order chi connectivity index (χ1) is 16.1. The minimum atomic E-state index is -0.439. The summed E-state index contributed by atoms with van der Waals surface area (Å²) in [6, 6.07) is 18.8. The largest absolute Gasteiger partial charge is 0.388 e. The average Bonchev–Trinajstić information content (AvgIpc) is 3.38. The predicted octanol–water partition coefficient (Wildman–Crippen LogP) is 5.60. The van der Waals surface area contributed by atoms with E-state index in [4.69, 9.17) is 0 Å². The van der Waals surface area contributed by atoms with Crippen molar-refractivity contribution in [3.63, 3.8) is 0 Å². The van der Waals surface area contributed by atoms with Gasteiger partial charge in [0.1, 0.15) is 5.82 Å². The molecule has 4 aromatic rings. The number of fused-ring (bicyclic) bond motifs is 3. The van der Waals surface area contributed by atoms with Crippen LogP contribution >= 0.6 is 0 Å². The molecule has 166 valence electrons. The van der Waals surface area contributed by atoms with Crippen molar-refractivity contribution < 1.29 is 9.50 Å². The molecule has 4 nitrogen and oxygen atoms in total. The molecule has 1 saturated carbocycles. The normalized spacial score (nSPS) is 24.2. The van der Waals surface area contributed by atoms with E-state index in [9.17, 15) is 9.50 Å². The number of aliphatic hydroxyl groups is 1. The smallest absolute Gasteiger partial charge is 0.141 e. The van der Waals surface area contributed by atoms with Crippen molar-refractivity contribution in [1.29, 1.82) is 0 Å². The van der Waals surface area contributed by atoms with E-state index in [0.29, 0.717) is 5.92 Å². The van der Waals surface area contributed by atoms with Gasteiger partial charge in [-0.05, 0) is 77.6 Å². The van der Waals surface area contributed by atoms with Gasteiger partial charge >= 0.3 is 0 Å². The molecular weight excluding hydrogens is 413 g/mol. The first kappa shape index (κ1) is 19.3. The molecule has 5 heteroatoms. The molecule has 2 atom stereocenters. The number of nitrogens with zero attached hydrogens (tertiary/aromatic N) is 3. The molecule has 2 aromatic heterocycles. The zero-order valence-electron chi connectivity index (χ0n) is 18.4. The standard InChI is InChI=1S/C28H26FN3O/c29-20-8-10-25-26(15-30-32(25)16-20)31-12-11-28(17-31)14-27(33)23-13-19(7-9-24(23)28)22-4-2-1-3-21(22)18-5-6-18/h1-4,7-10,13,15-16,18,27,33H,5-6,11-12,14,17H2. The average molecular weight is 440 g/mol. The molecule has 1 spiro atoms. The Balaban J connectivity index is 1.24. The third-order valence-corrected chi connectivity index (χ3v) is 8.01. The third kappa shape index (κ3) is 2.95. The first-order valence-electron chi connectivity index (χ1n) is 11.9. The van der Waals surface area contributed by atoms with Crippen LogP contribution in [0.4, 0.5) is 10.1 Å². The fraction of sp³-hybridized carbons (Fsp3) is 0.321. The van der Waals surface area contributed by atoms with Crippen LogP contribution in [0, 0.1) is 5.82 Å². The molecule has 0 bridgehead atoms. The Labute approximate surface area is 192 Å². The monoisotopic (exact) mass is 439 g/mol. The summed E-state index contributed by atoms with van der Waals surface area (Å²) >= 11 is 0. The topological polar surface area (TPSA) is 40.8 Å². The van der Waals surface area contributed by atoms with Crippen molar-refractivity contribution in [2.45, 2.75) is 43.1 Å². The van der Waals surface area contributed by atoms with E-state index < -0.39 is 6.10 Å². The number of anilines is 1. The van der Waals surface area contributed by atoms with Crippen LogP contribution in [-0.4, -0.2) is 27.8 Å². The van der Waals surface area contributed by atoms with E-state index in [2.05, 4.69) is 52.5 Å². The van der Waals surface area contributed by atoms with Gasteiger partial charge in [-0.3, -0.25) is 0 Å². The van der Waals surface area contributed by atoms with E-state index in [0.717, 1.165) is 42.7 Å². The highest BCUT2D eigenvalue weighted by Gasteiger charge is 2.48. The maximum absolute atomic E-state index is 13.6. The van der Waals surface area contributed by atoms with Crippen LogP contribution in [0.5, 0.6) is 0 Å². The van der Waals surface area contributed by atoms with Gasteiger partial charge in [-0.25, -0.2) is 8.91 Å². The van der Waals surface area contributed by atoms with Crippen molar-refractivity contribution in [2.75, 3.05) is 18.0 Å². The van der Waals surface area contributed by atoms with E-state index >= 15 is 0 Å². The van der Waals surface area contributed by atoms with Crippen molar-refractivity contribution in [1.82, 2.24) is 9.61 Å². The molecule has 1 saturated heterocycles. The molecule has 2 unspecified atom stereocenters. The summed E-state index contributed by atoms with van der Waals surface area (Å²) in [5.74, 6) is 0.399. The summed E-state index contributed by atoms with van der Waals surface area (Å²) in [6.07, 6.45) is 7.11. The van der Waals surface area contributed by atoms with Gasteiger partial charge in [0.25, 0.3) is 0 Å². The Morgan fingerprint density at radius 2 is 1.91 bits per heavy atom. The maximum atomic E-state index is 13.6. The fourth-order valence-electron chi connectivity index (χ4n) is 6.24. The minimum absolute atomic E-state index is 0.0580. The molecule has 0 amide bonds. The Bertz CT molecular complexity index is 1390. The number of aliphatic hydroxyl groups excluding tert-OH is 1. The number of rotatable bonds is 3. The van der Waals surface area contributed by atoms with Crippen LogP contribution in [0.2, 0.25) is 0 Å². The van der Waals surface area contributed by atoms with Gasteiger partial charge in [0, 0.05) is 18.5 Å². The number of halogens is 1. The lowest BCUT2D eigenvalue weighted by atomic mass is 9.80. The van der Waals surface area contributed by atoms with E-state index in [-0.39, 0.29) is 11.2 Å². The van der Waals surface area contributed by atoms with Crippen molar-refractivity contribution >= 4 is 11.2 Å². The molecule has 2 fully saturated rings. The zero-order valence-corrected chi connectivity index (χ0v) is 18.4. The van der Waals surface area contributed by atoms with Crippen LogP contribution in [-0.2, 0) is 5.41 Å². The summed E-state index contributed by atoms with van der Waals surface area (Å²) in [5.41, 5.74) is 8.22. The number of pyridine rings is 1. The lowest BCUT2D eigenvalue weighted by molar-refractivity contribution is 0.158. The lowest BCUT2D eigenvalue weighted by Crippen LogP contribution is -2.29. The quantitative estimate of drug-likeness (QED) is 0.452. The highest BCUT2D eigenvalue weighted by molar-refractivity contribution is 5.74. The molecule has 1 aliphatic heterocycles. The molecule has 2 aliphatic carbocycles. The van der Waals surface area contributed by atoms with Gasteiger partial charge in [-0.15, -0.1) is 0 Å². The second kappa shape index (κ2) is 6.91. The molecule has 2 aromatic carbocycles. The SMILES string of the molecule is OC1CC2(CCN(c3cnn4cc(F)ccc34)C2)c2ccc(-c3ccccc3C3CC3)cc21. The summed E-state index contributed by atoms with van der Waals surface area (Å²) in [6.45, 7) is 1.74. The number of aromatic nitrogens is 2. The summed E-state index contributed by atoms with van der Waals surface area (Å²) in [4.78, 5) is 2.35. The van der Waals surface area contributed by atoms with E-state index in [1.165, 1.54) is 47.4 Å². The zero-order chi connectivity index (χ0) is 22.2. The molecule has 1 N–H and O–H groups in total.